The van der Waals surface area contributed by atoms with E-state index in [9.17, 15) is 28.8 Å². The Labute approximate surface area is 288 Å². The maximum absolute atomic E-state index is 13.7. The van der Waals surface area contributed by atoms with Gasteiger partial charge in [-0.1, -0.05) is 48.5 Å². The molecular formula is C37H36N6O7. The zero-order valence-corrected chi connectivity index (χ0v) is 27.2. The number of hydrogen-bond donors (Lipinski definition) is 3. The molecule has 1 fully saturated rings. The predicted octanol–water partition coefficient (Wildman–Crippen LogP) is 2.60. The molecule has 3 N–H and O–H groups in total. The van der Waals surface area contributed by atoms with Crippen LogP contribution in [0.4, 0.5) is 5.69 Å². The lowest BCUT2D eigenvalue weighted by atomic mass is 9.99. The monoisotopic (exact) mass is 676 g/mol. The molecule has 1 saturated heterocycles. The fraction of sp³-hybridized carbons (Fsp3) is 0.324. The second kappa shape index (κ2) is 13.9. The zero-order chi connectivity index (χ0) is 34.8. The number of amides is 6. The highest BCUT2D eigenvalue weighted by molar-refractivity contribution is 6.07. The number of imide groups is 1. The second-order valence-electron chi connectivity index (χ2n) is 12.8. The first-order valence-corrected chi connectivity index (χ1v) is 16.8. The first kappa shape index (κ1) is 32.7. The highest BCUT2D eigenvalue weighted by atomic mass is 16.5. The topological polar surface area (TPSA) is 167 Å². The van der Waals surface area contributed by atoms with Crippen molar-refractivity contribution in [2.24, 2.45) is 4.99 Å². The number of nitrogens with zero attached hydrogens (tertiary/aromatic N) is 3. The van der Waals surface area contributed by atoms with E-state index in [0.29, 0.717) is 42.1 Å². The summed E-state index contributed by atoms with van der Waals surface area (Å²) in [7, 11) is 0. The van der Waals surface area contributed by atoms with E-state index in [2.05, 4.69) is 20.9 Å². The minimum absolute atomic E-state index is 0.138. The molecule has 256 valence electrons. The maximum Gasteiger partial charge on any atom is 0.255 e. The third-order valence-corrected chi connectivity index (χ3v) is 9.43. The molecule has 0 bridgehead atoms. The highest BCUT2D eigenvalue weighted by Gasteiger charge is 2.44. The molecular weight excluding hydrogens is 640 g/mol. The third kappa shape index (κ3) is 6.58. The molecule has 3 aromatic carbocycles. The van der Waals surface area contributed by atoms with Gasteiger partial charge in [0.05, 0.1) is 6.54 Å². The maximum atomic E-state index is 13.7. The number of carbonyl (C=O) groups is 6. The van der Waals surface area contributed by atoms with Gasteiger partial charge in [-0.25, -0.2) is 4.99 Å². The molecule has 3 atom stereocenters. The van der Waals surface area contributed by atoms with Crippen molar-refractivity contribution in [1.29, 1.82) is 0 Å². The van der Waals surface area contributed by atoms with E-state index in [1.54, 1.807) is 18.2 Å². The molecule has 3 aromatic rings. The summed E-state index contributed by atoms with van der Waals surface area (Å²) in [5, 5.41) is 8.04. The van der Waals surface area contributed by atoms with Crippen LogP contribution in [-0.4, -0.2) is 76.3 Å². The van der Waals surface area contributed by atoms with Gasteiger partial charge in [-0.15, -0.1) is 0 Å². The Hall–Kier alpha value is -5.85. The summed E-state index contributed by atoms with van der Waals surface area (Å²) in [5.74, 6) is -1.59. The fourth-order valence-electron chi connectivity index (χ4n) is 6.89. The summed E-state index contributed by atoms with van der Waals surface area (Å²) in [6, 6.07) is 20.6. The van der Waals surface area contributed by atoms with Crippen LogP contribution in [0.15, 0.2) is 77.8 Å². The predicted molar refractivity (Wildman–Crippen MR) is 180 cm³/mol. The smallest absolute Gasteiger partial charge is 0.255 e. The van der Waals surface area contributed by atoms with Crippen LogP contribution in [0.25, 0.3) is 0 Å². The molecule has 0 saturated carbocycles. The zero-order valence-electron chi connectivity index (χ0n) is 27.2. The molecule has 13 heteroatoms. The van der Waals surface area contributed by atoms with Gasteiger partial charge in [-0.3, -0.25) is 34.1 Å². The van der Waals surface area contributed by atoms with E-state index in [1.165, 1.54) is 9.80 Å². The van der Waals surface area contributed by atoms with E-state index in [4.69, 9.17) is 4.74 Å². The quantitative estimate of drug-likeness (QED) is 0.219. The van der Waals surface area contributed by atoms with Gasteiger partial charge in [-0.2, -0.15) is 0 Å². The Bertz CT molecular complexity index is 1910. The molecule has 6 amide bonds. The summed E-state index contributed by atoms with van der Waals surface area (Å²) in [6.07, 6.45) is 1.06. The van der Waals surface area contributed by atoms with Crippen molar-refractivity contribution in [3.8, 4) is 0 Å². The number of rotatable bonds is 10. The summed E-state index contributed by atoms with van der Waals surface area (Å²) >= 11 is 0. The number of piperidine rings is 1. The molecule has 7 rings (SSSR count). The molecule has 0 spiro atoms. The van der Waals surface area contributed by atoms with E-state index in [-0.39, 0.29) is 68.4 Å². The first-order valence-electron chi connectivity index (χ1n) is 16.8. The lowest BCUT2D eigenvalue weighted by Gasteiger charge is -2.29. The van der Waals surface area contributed by atoms with Crippen molar-refractivity contribution < 1.29 is 33.5 Å². The SMILES string of the molecule is O=C(CN1Cc2ccccc2C2OC(c3ccccc3)=NC2C1=O)NCCCCC(=O)Nc1cccc2c1CN(C1CCC(=O)NC1=O)C2=O. The summed E-state index contributed by atoms with van der Waals surface area (Å²) in [5.41, 5.74) is 4.10. The fourth-order valence-corrected chi connectivity index (χ4v) is 6.89. The van der Waals surface area contributed by atoms with Crippen LogP contribution in [0, 0.1) is 0 Å². The van der Waals surface area contributed by atoms with E-state index in [1.807, 2.05) is 54.6 Å². The van der Waals surface area contributed by atoms with Crippen molar-refractivity contribution in [2.75, 3.05) is 18.4 Å². The molecule has 4 heterocycles. The second-order valence-corrected chi connectivity index (χ2v) is 12.8. The van der Waals surface area contributed by atoms with Gasteiger partial charge < -0.3 is 25.2 Å². The van der Waals surface area contributed by atoms with Gasteiger partial charge in [0.1, 0.15) is 6.04 Å². The number of carbonyl (C=O) groups excluding carboxylic acids is 6. The van der Waals surface area contributed by atoms with Crippen LogP contribution in [0.5, 0.6) is 0 Å². The Morgan fingerprint density at radius 2 is 1.70 bits per heavy atom. The highest BCUT2D eigenvalue weighted by Crippen LogP contribution is 2.37. The van der Waals surface area contributed by atoms with E-state index >= 15 is 0 Å². The molecule has 13 nitrogen and oxygen atoms in total. The molecule has 0 aromatic heterocycles. The molecule has 3 unspecified atom stereocenters. The first-order chi connectivity index (χ1) is 24.3. The van der Waals surface area contributed by atoms with Crippen LogP contribution in [0.2, 0.25) is 0 Å². The van der Waals surface area contributed by atoms with Crippen molar-refractivity contribution in [3.63, 3.8) is 0 Å². The number of anilines is 1. The Balaban J connectivity index is 0.896. The average Bonchev–Trinajstić information content (AvgIpc) is 3.68. The van der Waals surface area contributed by atoms with Crippen LogP contribution in [0.3, 0.4) is 0 Å². The normalized spacial score (nSPS) is 21.0. The van der Waals surface area contributed by atoms with Gasteiger partial charge in [0.2, 0.25) is 29.5 Å². The standard InChI is InChI=1S/C37H36N6O7/c44-29(39-27-14-8-13-25-26(27)20-43(36(25)48)28-16-17-30(45)40-34(28)47)15-6-7-18-38-31(46)21-42-19-23-11-4-5-12-24(23)33-32(37(42)49)41-35(50-33)22-9-2-1-3-10-22/h1-5,8-14,28,32-33H,6-7,15-21H2,(H,38,46)(H,39,44)(H,40,45,47). The summed E-state index contributed by atoms with van der Waals surface area (Å²) in [4.78, 5) is 84.1. The number of hydrogen-bond acceptors (Lipinski definition) is 8. The average molecular weight is 677 g/mol. The largest absolute Gasteiger partial charge is 0.466 e. The third-order valence-electron chi connectivity index (χ3n) is 9.43. The molecule has 50 heavy (non-hydrogen) atoms. The van der Waals surface area contributed by atoms with Crippen LogP contribution in [0.1, 0.15) is 70.8 Å². The molecule has 0 aliphatic carbocycles. The number of benzene rings is 3. The number of ether oxygens (including phenoxy) is 1. The molecule has 4 aliphatic heterocycles. The number of aliphatic imine (C=N–C) groups is 1. The summed E-state index contributed by atoms with van der Waals surface area (Å²) in [6.45, 7) is 0.603. The Morgan fingerprint density at radius 3 is 2.52 bits per heavy atom. The molecule has 4 aliphatic rings. The Morgan fingerprint density at radius 1 is 0.900 bits per heavy atom. The van der Waals surface area contributed by atoms with Crippen LogP contribution >= 0.6 is 0 Å². The minimum Gasteiger partial charge on any atom is -0.466 e. The lowest BCUT2D eigenvalue weighted by molar-refractivity contribution is -0.138. The van der Waals surface area contributed by atoms with Crippen molar-refractivity contribution in [1.82, 2.24) is 20.4 Å². The lowest BCUT2D eigenvalue weighted by Crippen LogP contribution is -2.52. The van der Waals surface area contributed by atoms with Gasteiger partial charge in [0.25, 0.3) is 11.8 Å². The van der Waals surface area contributed by atoms with Gasteiger partial charge in [0, 0.05) is 60.4 Å². The van der Waals surface area contributed by atoms with Gasteiger partial charge >= 0.3 is 0 Å². The van der Waals surface area contributed by atoms with Crippen LogP contribution in [-0.2, 0) is 41.8 Å². The van der Waals surface area contributed by atoms with Crippen LogP contribution < -0.4 is 16.0 Å². The number of fused-ring (bicyclic) bond motifs is 4. The number of unbranched alkanes of at least 4 members (excludes halogenated alkanes) is 1. The molecule has 0 radical (unpaired) electrons. The Kier molecular flexibility index (Phi) is 9.11. The van der Waals surface area contributed by atoms with Gasteiger partial charge in [0.15, 0.2) is 12.1 Å². The van der Waals surface area contributed by atoms with Gasteiger partial charge in [-0.05, 0) is 49.1 Å². The van der Waals surface area contributed by atoms with E-state index in [0.717, 1.165) is 16.7 Å². The van der Waals surface area contributed by atoms with Crippen molar-refractivity contribution in [2.45, 2.75) is 63.4 Å². The number of nitrogens with one attached hydrogen (secondary N) is 3. The van der Waals surface area contributed by atoms with Crippen molar-refractivity contribution in [3.05, 3.63) is 101 Å². The summed E-state index contributed by atoms with van der Waals surface area (Å²) < 4.78 is 6.22. The van der Waals surface area contributed by atoms with E-state index < -0.39 is 24.1 Å². The minimum atomic E-state index is -0.801. The van der Waals surface area contributed by atoms with Crippen molar-refractivity contribution >= 4 is 47.0 Å².